The smallest absolute Gasteiger partial charge is 0.191 e. The third-order valence-corrected chi connectivity index (χ3v) is 4.24. The molecule has 2 aromatic rings. The third kappa shape index (κ3) is 7.34. The minimum atomic E-state index is 0. The summed E-state index contributed by atoms with van der Waals surface area (Å²) in [6.45, 7) is 2.83. The molecule has 0 amide bonds. The lowest BCUT2D eigenvalue weighted by atomic mass is 10.2. The number of hydrogen-bond acceptors (Lipinski definition) is 4. The second-order valence-electron chi connectivity index (χ2n) is 6.20. The molecule has 3 rings (SSSR count). The second kappa shape index (κ2) is 11.8. The van der Waals surface area contributed by atoms with Crippen LogP contribution in [0, 0.1) is 0 Å². The van der Waals surface area contributed by atoms with Gasteiger partial charge in [0.05, 0.1) is 11.8 Å². The van der Waals surface area contributed by atoms with Gasteiger partial charge < -0.3 is 20.1 Å². The van der Waals surface area contributed by atoms with Crippen molar-refractivity contribution in [3.05, 3.63) is 59.9 Å². The Labute approximate surface area is 177 Å². The molecule has 0 radical (unpaired) electrons. The van der Waals surface area contributed by atoms with E-state index in [4.69, 9.17) is 9.47 Å². The van der Waals surface area contributed by atoms with Gasteiger partial charge in [-0.3, -0.25) is 9.98 Å². The summed E-state index contributed by atoms with van der Waals surface area (Å²) in [7, 11) is 1.78. The maximum atomic E-state index is 5.76. The summed E-state index contributed by atoms with van der Waals surface area (Å²) in [4.78, 5) is 8.50. The van der Waals surface area contributed by atoms with Crippen LogP contribution in [0.25, 0.3) is 0 Å². The molecule has 1 saturated heterocycles. The first-order valence-corrected chi connectivity index (χ1v) is 9.01. The molecule has 1 atom stereocenters. The third-order valence-electron chi connectivity index (χ3n) is 4.24. The fraction of sp³-hybridized carbons (Fsp3) is 0.400. The summed E-state index contributed by atoms with van der Waals surface area (Å²) < 4.78 is 11.4. The van der Waals surface area contributed by atoms with E-state index in [-0.39, 0.29) is 24.0 Å². The molecule has 0 bridgehead atoms. The van der Waals surface area contributed by atoms with Gasteiger partial charge in [0, 0.05) is 32.9 Å². The Kier molecular flexibility index (Phi) is 9.34. The van der Waals surface area contributed by atoms with Crippen molar-refractivity contribution >= 4 is 29.9 Å². The maximum Gasteiger partial charge on any atom is 0.191 e. The van der Waals surface area contributed by atoms with E-state index >= 15 is 0 Å². The molecule has 2 N–H and O–H groups in total. The van der Waals surface area contributed by atoms with Crippen LogP contribution in [0.4, 0.5) is 0 Å². The topological polar surface area (TPSA) is 67.8 Å². The van der Waals surface area contributed by atoms with Crippen molar-refractivity contribution in [3.63, 3.8) is 0 Å². The molecule has 1 aromatic heterocycles. The van der Waals surface area contributed by atoms with Gasteiger partial charge in [-0.15, -0.1) is 24.0 Å². The number of pyridine rings is 1. The molecule has 2 heterocycles. The van der Waals surface area contributed by atoms with E-state index in [1.54, 1.807) is 13.2 Å². The number of hydrogen-bond donors (Lipinski definition) is 2. The normalized spacial score (nSPS) is 16.5. The van der Waals surface area contributed by atoms with Gasteiger partial charge >= 0.3 is 0 Å². The molecule has 1 aliphatic rings. The first-order chi connectivity index (χ1) is 12.8. The Balaban J connectivity index is 0.00000261. The van der Waals surface area contributed by atoms with Crippen LogP contribution in [-0.2, 0) is 17.9 Å². The van der Waals surface area contributed by atoms with Crippen molar-refractivity contribution in [1.29, 1.82) is 0 Å². The van der Waals surface area contributed by atoms with E-state index in [0.29, 0.717) is 19.3 Å². The maximum absolute atomic E-state index is 5.76. The molecule has 7 heteroatoms. The number of aromatic nitrogens is 1. The van der Waals surface area contributed by atoms with Crippen molar-refractivity contribution in [1.82, 2.24) is 15.6 Å². The molecule has 1 unspecified atom stereocenters. The molecular weight excluding hydrogens is 455 g/mol. The number of nitrogens with one attached hydrogen (secondary N) is 2. The monoisotopic (exact) mass is 482 g/mol. The van der Waals surface area contributed by atoms with Crippen molar-refractivity contribution in [2.24, 2.45) is 4.99 Å². The van der Waals surface area contributed by atoms with Crippen molar-refractivity contribution in [2.45, 2.75) is 32.1 Å². The Morgan fingerprint density at radius 2 is 2.07 bits per heavy atom. The zero-order valence-corrected chi connectivity index (χ0v) is 17.9. The van der Waals surface area contributed by atoms with Crippen LogP contribution >= 0.6 is 24.0 Å². The van der Waals surface area contributed by atoms with E-state index in [1.807, 2.05) is 42.5 Å². The summed E-state index contributed by atoms with van der Waals surface area (Å²) in [5, 5.41) is 6.63. The van der Waals surface area contributed by atoms with E-state index in [9.17, 15) is 0 Å². The number of ether oxygens (including phenoxy) is 2. The van der Waals surface area contributed by atoms with Gasteiger partial charge in [0.15, 0.2) is 5.96 Å². The first-order valence-electron chi connectivity index (χ1n) is 9.01. The minimum absolute atomic E-state index is 0. The standard InChI is InChI=1S/C20H26N4O2.HI/c1-21-20(24-14-19-6-4-12-25-19)23-13-16-7-9-18(10-8-16)26-15-17-5-2-3-11-22-17;/h2-3,5,7-11,19H,4,6,12-15H2,1H3,(H2,21,23,24);1H. The van der Waals surface area contributed by atoms with E-state index in [0.717, 1.165) is 49.0 Å². The Hall–Kier alpha value is -1.87. The number of guanidine groups is 1. The number of nitrogens with zero attached hydrogens (tertiary/aromatic N) is 2. The lowest BCUT2D eigenvalue weighted by molar-refractivity contribution is 0.114. The molecule has 0 spiro atoms. The van der Waals surface area contributed by atoms with Gasteiger partial charge in [0.2, 0.25) is 0 Å². The van der Waals surface area contributed by atoms with Gasteiger partial charge in [-0.05, 0) is 42.7 Å². The predicted molar refractivity (Wildman–Crippen MR) is 118 cm³/mol. The van der Waals surface area contributed by atoms with Gasteiger partial charge in [0.1, 0.15) is 12.4 Å². The molecule has 146 valence electrons. The number of rotatable bonds is 7. The Bertz CT molecular complexity index is 689. The molecule has 27 heavy (non-hydrogen) atoms. The zero-order valence-electron chi connectivity index (χ0n) is 15.6. The summed E-state index contributed by atoms with van der Waals surface area (Å²) in [6, 6.07) is 13.9. The fourth-order valence-electron chi connectivity index (χ4n) is 2.77. The average molecular weight is 482 g/mol. The fourth-order valence-corrected chi connectivity index (χ4v) is 2.77. The van der Waals surface area contributed by atoms with Crippen LogP contribution in [0.5, 0.6) is 5.75 Å². The summed E-state index contributed by atoms with van der Waals surface area (Å²) in [6.07, 6.45) is 4.33. The van der Waals surface area contributed by atoms with E-state index in [1.165, 1.54) is 0 Å². The van der Waals surface area contributed by atoms with Gasteiger partial charge in [-0.25, -0.2) is 0 Å². The van der Waals surface area contributed by atoms with Crippen LogP contribution in [0.15, 0.2) is 53.7 Å². The second-order valence-corrected chi connectivity index (χ2v) is 6.20. The largest absolute Gasteiger partial charge is 0.487 e. The van der Waals surface area contributed by atoms with Crippen LogP contribution in [0.2, 0.25) is 0 Å². The quantitative estimate of drug-likeness (QED) is 0.361. The van der Waals surface area contributed by atoms with Gasteiger partial charge in [-0.2, -0.15) is 0 Å². The number of halogens is 1. The van der Waals surface area contributed by atoms with Crippen LogP contribution < -0.4 is 15.4 Å². The SMILES string of the molecule is CN=C(NCc1ccc(OCc2ccccn2)cc1)NCC1CCCO1.I. The Morgan fingerprint density at radius 3 is 2.74 bits per heavy atom. The lowest BCUT2D eigenvalue weighted by Gasteiger charge is -2.15. The average Bonchev–Trinajstić information content (AvgIpc) is 3.22. The lowest BCUT2D eigenvalue weighted by Crippen LogP contribution is -2.40. The van der Waals surface area contributed by atoms with Crippen molar-refractivity contribution in [3.8, 4) is 5.75 Å². The number of benzene rings is 1. The summed E-state index contributed by atoms with van der Waals surface area (Å²) in [5.74, 6) is 1.62. The molecule has 6 nitrogen and oxygen atoms in total. The Morgan fingerprint density at radius 1 is 1.22 bits per heavy atom. The highest BCUT2D eigenvalue weighted by Gasteiger charge is 2.15. The van der Waals surface area contributed by atoms with Crippen molar-refractivity contribution < 1.29 is 9.47 Å². The highest BCUT2D eigenvalue weighted by Crippen LogP contribution is 2.14. The van der Waals surface area contributed by atoms with E-state index in [2.05, 4.69) is 20.6 Å². The molecule has 0 aliphatic carbocycles. The highest BCUT2D eigenvalue weighted by molar-refractivity contribution is 14.0. The highest BCUT2D eigenvalue weighted by atomic mass is 127. The first kappa shape index (κ1) is 21.4. The van der Waals surface area contributed by atoms with E-state index < -0.39 is 0 Å². The predicted octanol–water partition coefficient (Wildman–Crippen LogP) is 3.12. The van der Waals surface area contributed by atoms with Crippen LogP contribution in [0.3, 0.4) is 0 Å². The van der Waals surface area contributed by atoms with Crippen molar-refractivity contribution in [2.75, 3.05) is 20.2 Å². The van der Waals surface area contributed by atoms with Gasteiger partial charge in [-0.1, -0.05) is 18.2 Å². The molecule has 1 fully saturated rings. The van der Waals surface area contributed by atoms with Gasteiger partial charge in [0.25, 0.3) is 0 Å². The zero-order chi connectivity index (χ0) is 18.0. The molecule has 0 saturated carbocycles. The molecular formula is C20H27IN4O2. The number of aliphatic imine (C=N–C) groups is 1. The van der Waals surface area contributed by atoms with Crippen LogP contribution in [0.1, 0.15) is 24.1 Å². The minimum Gasteiger partial charge on any atom is -0.487 e. The molecule has 1 aliphatic heterocycles. The summed E-state index contributed by atoms with van der Waals surface area (Å²) in [5.41, 5.74) is 2.08. The molecule has 1 aromatic carbocycles. The summed E-state index contributed by atoms with van der Waals surface area (Å²) >= 11 is 0. The van der Waals surface area contributed by atoms with Crippen LogP contribution in [-0.4, -0.2) is 37.2 Å².